The Kier molecular flexibility index (Phi) is 4.07. The second-order valence-electron chi connectivity index (χ2n) is 4.47. The van der Waals surface area contributed by atoms with E-state index >= 15 is 0 Å². The fraction of sp³-hybridized carbons (Fsp3) is 0.357. The largest absolute Gasteiger partial charge is 0.348 e. The van der Waals surface area contributed by atoms with Crippen molar-refractivity contribution in [2.45, 2.75) is 12.3 Å². The van der Waals surface area contributed by atoms with Crippen LogP contribution in [0, 0.1) is 28.6 Å². The van der Waals surface area contributed by atoms with Crippen molar-refractivity contribution in [2.24, 2.45) is 5.92 Å². The van der Waals surface area contributed by atoms with E-state index in [1.807, 2.05) is 12.1 Å². The Morgan fingerprint density at radius 1 is 1.28 bits per heavy atom. The first kappa shape index (κ1) is 13.7. The minimum absolute atomic E-state index is 0.356. The first-order valence-electron chi connectivity index (χ1n) is 5.55. The van der Waals surface area contributed by atoms with E-state index in [9.17, 15) is 15.3 Å². The molecule has 0 heterocycles. The summed E-state index contributed by atoms with van der Waals surface area (Å²) in [7, 11) is 3.16. The van der Waals surface area contributed by atoms with Crippen LogP contribution in [0.4, 0.5) is 0 Å². The number of nitrogens with zero attached hydrogens (tertiary/aromatic N) is 3. The van der Waals surface area contributed by atoms with Crippen LogP contribution in [-0.4, -0.2) is 24.9 Å². The molecule has 2 unspecified atom stereocenters. The van der Waals surface area contributed by atoms with Gasteiger partial charge in [-0.2, -0.15) is 10.5 Å². The fourth-order valence-corrected chi connectivity index (χ4v) is 1.77. The van der Waals surface area contributed by atoms with Gasteiger partial charge in [0.15, 0.2) is 0 Å². The maximum Gasteiger partial charge on any atom is 0.241 e. The molecule has 2 atom stereocenters. The maximum absolute atomic E-state index is 12.0. The van der Waals surface area contributed by atoms with Gasteiger partial charge in [-0.1, -0.05) is 30.3 Å². The summed E-state index contributed by atoms with van der Waals surface area (Å²) in [5, 5.41) is 18.6. The molecule has 18 heavy (non-hydrogen) atoms. The first-order chi connectivity index (χ1) is 8.47. The van der Waals surface area contributed by atoms with Gasteiger partial charge in [0, 0.05) is 14.1 Å². The summed E-state index contributed by atoms with van der Waals surface area (Å²) in [6.45, 7) is 1.62. The molecule has 1 aromatic rings. The van der Waals surface area contributed by atoms with Gasteiger partial charge in [-0.15, -0.1) is 0 Å². The zero-order valence-corrected chi connectivity index (χ0v) is 10.7. The van der Waals surface area contributed by atoms with Crippen LogP contribution in [0.5, 0.6) is 0 Å². The summed E-state index contributed by atoms with van der Waals surface area (Å²) < 4.78 is 0. The monoisotopic (exact) mass is 241 g/mol. The third-order valence-corrected chi connectivity index (χ3v) is 3.00. The van der Waals surface area contributed by atoms with Crippen LogP contribution >= 0.6 is 0 Å². The number of hydrogen-bond donors (Lipinski definition) is 0. The second-order valence-corrected chi connectivity index (χ2v) is 4.47. The van der Waals surface area contributed by atoms with Gasteiger partial charge in [0.2, 0.25) is 5.91 Å². The fourth-order valence-electron chi connectivity index (χ4n) is 1.77. The van der Waals surface area contributed by atoms with Gasteiger partial charge in [0.05, 0.1) is 12.1 Å². The molecule has 0 aliphatic carbocycles. The molecule has 0 fully saturated rings. The van der Waals surface area contributed by atoms with Gasteiger partial charge in [-0.25, -0.2) is 0 Å². The van der Waals surface area contributed by atoms with E-state index in [1.165, 1.54) is 4.90 Å². The molecule has 0 N–H and O–H groups in total. The highest BCUT2D eigenvalue weighted by Gasteiger charge is 2.42. The highest BCUT2D eigenvalue weighted by Crippen LogP contribution is 2.32. The molecule has 0 aliphatic heterocycles. The van der Waals surface area contributed by atoms with E-state index in [2.05, 4.69) is 6.07 Å². The molecule has 0 aromatic heterocycles. The molecular weight excluding hydrogens is 226 g/mol. The van der Waals surface area contributed by atoms with Crippen LogP contribution in [0.1, 0.15) is 12.5 Å². The Labute approximate surface area is 107 Å². The molecule has 0 spiro atoms. The van der Waals surface area contributed by atoms with Crippen LogP contribution in [0.15, 0.2) is 30.3 Å². The van der Waals surface area contributed by atoms with E-state index in [0.29, 0.717) is 5.56 Å². The van der Waals surface area contributed by atoms with Gasteiger partial charge in [0.25, 0.3) is 0 Å². The average Bonchev–Trinajstić information content (AvgIpc) is 2.39. The van der Waals surface area contributed by atoms with E-state index in [-0.39, 0.29) is 5.91 Å². The Bertz CT molecular complexity index is 510. The van der Waals surface area contributed by atoms with Crippen molar-refractivity contribution in [2.75, 3.05) is 14.1 Å². The average molecular weight is 241 g/mol. The summed E-state index contributed by atoms with van der Waals surface area (Å²) in [5.74, 6) is -1.37. The Morgan fingerprint density at radius 3 is 2.22 bits per heavy atom. The lowest BCUT2D eigenvalue weighted by molar-refractivity contribution is -0.132. The van der Waals surface area contributed by atoms with Crippen LogP contribution in [0.3, 0.4) is 0 Å². The zero-order valence-electron chi connectivity index (χ0n) is 10.7. The first-order valence-corrected chi connectivity index (χ1v) is 5.55. The van der Waals surface area contributed by atoms with Crippen molar-refractivity contribution in [1.29, 1.82) is 10.5 Å². The van der Waals surface area contributed by atoms with Crippen molar-refractivity contribution in [3.63, 3.8) is 0 Å². The molecule has 92 valence electrons. The number of carbonyl (C=O) groups excluding carboxylic acids is 1. The Morgan fingerprint density at radius 2 is 1.83 bits per heavy atom. The van der Waals surface area contributed by atoms with E-state index < -0.39 is 11.3 Å². The number of carbonyl (C=O) groups is 1. The van der Waals surface area contributed by atoms with Crippen LogP contribution < -0.4 is 0 Å². The molecule has 0 aliphatic rings. The normalized spacial score (nSPS) is 14.7. The van der Waals surface area contributed by atoms with Gasteiger partial charge in [-0.05, 0) is 12.5 Å². The van der Waals surface area contributed by atoms with Gasteiger partial charge in [0.1, 0.15) is 11.3 Å². The van der Waals surface area contributed by atoms with Crippen molar-refractivity contribution >= 4 is 5.91 Å². The third-order valence-electron chi connectivity index (χ3n) is 3.00. The number of amides is 1. The molecule has 1 amide bonds. The molecule has 0 saturated heterocycles. The van der Waals surface area contributed by atoms with E-state index in [1.54, 1.807) is 45.3 Å². The topological polar surface area (TPSA) is 67.9 Å². The van der Waals surface area contributed by atoms with Crippen molar-refractivity contribution in [3.05, 3.63) is 35.9 Å². The van der Waals surface area contributed by atoms with Gasteiger partial charge in [-0.3, -0.25) is 4.79 Å². The predicted octanol–water partition coefficient (Wildman–Crippen LogP) is 1.70. The summed E-state index contributed by atoms with van der Waals surface area (Å²) in [4.78, 5) is 13.3. The predicted molar refractivity (Wildman–Crippen MR) is 67.2 cm³/mol. The summed E-state index contributed by atoms with van der Waals surface area (Å²) in [6.07, 6.45) is 0. The Hall–Kier alpha value is -2.33. The smallest absolute Gasteiger partial charge is 0.241 e. The lowest BCUT2D eigenvalue weighted by Crippen LogP contribution is -2.41. The maximum atomic E-state index is 12.0. The third kappa shape index (κ3) is 2.33. The molecule has 0 bridgehead atoms. The number of hydrogen-bond acceptors (Lipinski definition) is 3. The second kappa shape index (κ2) is 5.33. The highest BCUT2D eigenvalue weighted by atomic mass is 16.2. The SMILES string of the molecule is CN(C)C(=O)C(C#N)C(C)(C#N)c1ccccc1. The molecule has 0 radical (unpaired) electrons. The van der Waals surface area contributed by atoms with E-state index in [4.69, 9.17) is 0 Å². The minimum Gasteiger partial charge on any atom is -0.348 e. The standard InChI is InChI=1S/C14H15N3O/c1-14(10-16,11-7-5-4-6-8-11)12(9-15)13(18)17(2)3/h4-8,12H,1-3H3. The van der Waals surface area contributed by atoms with Crippen molar-refractivity contribution in [1.82, 2.24) is 4.90 Å². The van der Waals surface area contributed by atoms with E-state index in [0.717, 1.165) is 0 Å². The molecule has 0 saturated carbocycles. The summed E-state index contributed by atoms with van der Waals surface area (Å²) >= 11 is 0. The van der Waals surface area contributed by atoms with Gasteiger partial charge < -0.3 is 4.90 Å². The quantitative estimate of drug-likeness (QED) is 0.808. The highest BCUT2D eigenvalue weighted by molar-refractivity contribution is 5.83. The van der Waals surface area contributed by atoms with Crippen LogP contribution in [0.2, 0.25) is 0 Å². The number of benzene rings is 1. The molecular formula is C14H15N3O. The van der Waals surface area contributed by atoms with Crippen molar-refractivity contribution < 1.29 is 4.79 Å². The molecule has 4 nitrogen and oxygen atoms in total. The summed E-state index contributed by atoms with van der Waals surface area (Å²) in [6, 6.07) is 13.0. The van der Waals surface area contributed by atoms with Crippen LogP contribution in [0.25, 0.3) is 0 Å². The molecule has 4 heteroatoms. The van der Waals surface area contributed by atoms with Crippen molar-refractivity contribution in [3.8, 4) is 12.1 Å². The summed E-state index contributed by atoms with van der Waals surface area (Å²) in [5.41, 5.74) is -0.466. The number of nitriles is 2. The van der Waals surface area contributed by atoms with Gasteiger partial charge >= 0.3 is 0 Å². The lowest BCUT2D eigenvalue weighted by atomic mass is 9.73. The molecule has 1 rings (SSSR count). The Balaban J connectivity index is 3.28. The van der Waals surface area contributed by atoms with Crippen LogP contribution in [-0.2, 0) is 10.2 Å². The minimum atomic E-state index is -1.14. The number of rotatable bonds is 3. The lowest BCUT2D eigenvalue weighted by Gasteiger charge is -2.28. The zero-order chi connectivity index (χ0) is 13.8. The molecule has 1 aromatic carbocycles.